The zero-order valence-corrected chi connectivity index (χ0v) is 17.2. The Hall–Kier alpha value is -2.83. The lowest BCUT2D eigenvalue weighted by Crippen LogP contribution is -2.52. The van der Waals surface area contributed by atoms with Gasteiger partial charge in [-0.05, 0) is 54.2 Å². The molecule has 1 aliphatic heterocycles. The zero-order valence-electron chi connectivity index (χ0n) is 17.2. The van der Waals surface area contributed by atoms with E-state index in [-0.39, 0.29) is 5.69 Å². The van der Waals surface area contributed by atoms with Crippen molar-refractivity contribution < 1.29 is 22.7 Å². The van der Waals surface area contributed by atoms with Crippen LogP contribution in [-0.2, 0) is 6.42 Å². The first-order valence-electron chi connectivity index (χ1n) is 9.98. The summed E-state index contributed by atoms with van der Waals surface area (Å²) >= 11 is 0. The molecule has 8 heteroatoms. The summed E-state index contributed by atoms with van der Waals surface area (Å²) < 4.78 is 56.4. The highest BCUT2D eigenvalue weighted by Gasteiger charge is 2.57. The summed E-state index contributed by atoms with van der Waals surface area (Å²) in [4.78, 5) is 8.80. The summed E-state index contributed by atoms with van der Waals surface area (Å²) in [6.45, 7) is 2.18. The Morgan fingerprint density at radius 3 is 2.81 bits per heavy atom. The van der Waals surface area contributed by atoms with E-state index in [1.807, 2.05) is 11.9 Å². The highest BCUT2D eigenvalue weighted by molar-refractivity contribution is 5.79. The number of aromatic amines is 1. The van der Waals surface area contributed by atoms with E-state index in [9.17, 15) is 22.7 Å². The van der Waals surface area contributed by atoms with Gasteiger partial charge in [0, 0.05) is 54.7 Å². The van der Waals surface area contributed by atoms with Gasteiger partial charge in [0.05, 0.1) is 0 Å². The molecule has 3 heterocycles. The predicted molar refractivity (Wildman–Crippen MR) is 110 cm³/mol. The lowest BCUT2D eigenvalue weighted by Gasteiger charge is -2.45. The summed E-state index contributed by atoms with van der Waals surface area (Å²) in [5.41, 5.74) is 0.586. The van der Waals surface area contributed by atoms with Crippen molar-refractivity contribution in [3.8, 4) is 0 Å². The quantitative estimate of drug-likeness (QED) is 0.529. The number of pyridine rings is 1. The number of aromatic nitrogens is 2. The largest absolute Gasteiger partial charge is 0.417 e. The van der Waals surface area contributed by atoms with Crippen molar-refractivity contribution in [3.05, 3.63) is 71.3 Å². The van der Waals surface area contributed by atoms with Gasteiger partial charge in [0.1, 0.15) is 0 Å². The molecule has 0 fully saturated rings. The van der Waals surface area contributed by atoms with Gasteiger partial charge in [-0.3, -0.25) is 4.98 Å². The zero-order chi connectivity index (χ0) is 22.4. The fourth-order valence-electron chi connectivity index (χ4n) is 4.53. The second kappa shape index (κ2) is 7.39. The predicted octanol–water partition coefficient (Wildman–Crippen LogP) is 4.96. The summed E-state index contributed by atoms with van der Waals surface area (Å²) in [7, 11) is 1.81. The topological polar surface area (TPSA) is 52.1 Å². The number of alkyl halides is 3. The van der Waals surface area contributed by atoms with E-state index in [0.717, 1.165) is 0 Å². The van der Waals surface area contributed by atoms with E-state index in [1.54, 1.807) is 37.5 Å². The van der Waals surface area contributed by atoms with Crippen LogP contribution >= 0.6 is 0 Å². The van der Waals surface area contributed by atoms with Crippen molar-refractivity contribution in [2.75, 3.05) is 13.6 Å². The first-order chi connectivity index (χ1) is 14.5. The number of halogens is 4. The molecule has 2 atom stereocenters. The fraction of sp³-hybridized carbons (Fsp3) is 0.391. The SMILES string of the molecule is CN1CCC(C)(CC(O)(Cc2cc3cnccc3[nH]2)C(F)(F)F)C2=C1C=CC(F)=C=C2. The molecule has 4 rings (SSSR count). The van der Waals surface area contributed by atoms with Crippen LogP contribution in [0.5, 0.6) is 0 Å². The molecule has 1 aliphatic carbocycles. The normalized spacial score (nSPS) is 23.6. The van der Waals surface area contributed by atoms with Crippen molar-refractivity contribution in [1.29, 1.82) is 0 Å². The molecule has 0 saturated carbocycles. The minimum Gasteiger partial charge on any atom is -0.380 e. The fourth-order valence-corrected chi connectivity index (χ4v) is 4.53. The number of aliphatic hydroxyl groups is 1. The molecule has 0 bridgehead atoms. The van der Waals surface area contributed by atoms with E-state index in [4.69, 9.17) is 0 Å². The Morgan fingerprint density at radius 2 is 2.10 bits per heavy atom. The molecule has 2 N–H and O–H groups in total. The number of rotatable bonds is 4. The smallest absolute Gasteiger partial charge is 0.380 e. The lowest BCUT2D eigenvalue weighted by atomic mass is 9.67. The third kappa shape index (κ3) is 3.93. The minimum atomic E-state index is -4.86. The number of nitrogens with zero attached hydrogens (tertiary/aromatic N) is 2. The Kier molecular flexibility index (Phi) is 5.10. The number of likely N-dealkylation sites (N-methyl/N-ethyl adjacent to an activating group) is 1. The lowest BCUT2D eigenvalue weighted by molar-refractivity contribution is -0.269. The van der Waals surface area contributed by atoms with E-state index in [0.29, 0.717) is 35.1 Å². The molecule has 31 heavy (non-hydrogen) atoms. The highest BCUT2D eigenvalue weighted by atomic mass is 19.4. The first-order valence-corrected chi connectivity index (χ1v) is 9.98. The molecule has 2 aliphatic rings. The number of allylic oxidation sites excluding steroid dienone is 4. The van der Waals surface area contributed by atoms with Crippen molar-refractivity contribution in [2.45, 2.75) is 38.0 Å². The Bertz CT molecular complexity index is 1110. The van der Waals surface area contributed by atoms with Gasteiger partial charge in [-0.2, -0.15) is 17.6 Å². The van der Waals surface area contributed by atoms with Crippen LogP contribution in [0.25, 0.3) is 10.9 Å². The van der Waals surface area contributed by atoms with Crippen molar-refractivity contribution in [2.24, 2.45) is 5.41 Å². The van der Waals surface area contributed by atoms with Gasteiger partial charge in [0.2, 0.25) is 0 Å². The van der Waals surface area contributed by atoms with Gasteiger partial charge in [-0.25, -0.2) is 0 Å². The van der Waals surface area contributed by atoms with Crippen LogP contribution in [0.2, 0.25) is 0 Å². The molecule has 2 unspecified atom stereocenters. The van der Waals surface area contributed by atoms with Crippen LogP contribution in [-0.4, -0.2) is 45.3 Å². The molecule has 0 aromatic carbocycles. The highest BCUT2D eigenvalue weighted by Crippen LogP contribution is 2.50. The van der Waals surface area contributed by atoms with Gasteiger partial charge in [0.15, 0.2) is 11.4 Å². The molecule has 0 spiro atoms. The molecule has 0 saturated heterocycles. The second-order valence-corrected chi connectivity index (χ2v) is 8.64. The molecule has 0 amide bonds. The summed E-state index contributed by atoms with van der Waals surface area (Å²) in [5.74, 6) is -0.595. The Balaban J connectivity index is 1.74. The molecule has 0 radical (unpaired) electrons. The number of nitrogens with one attached hydrogen (secondary N) is 1. The van der Waals surface area contributed by atoms with Gasteiger partial charge < -0.3 is 15.0 Å². The van der Waals surface area contributed by atoms with E-state index >= 15 is 0 Å². The average molecular weight is 433 g/mol. The number of hydrogen-bond donors (Lipinski definition) is 2. The van der Waals surface area contributed by atoms with E-state index in [2.05, 4.69) is 15.7 Å². The second-order valence-electron chi connectivity index (χ2n) is 8.64. The maximum Gasteiger partial charge on any atom is 0.417 e. The first kappa shape index (κ1) is 21.4. The molecule has 4 nitrogen and oxygen atoms in total. The third-order valence-electron chi connectivity index (χ3n) is 6.25. The molecular weight excluding hydrogens is 410 g/mol. The van der Waals surface area contributed by atoms with Crippen molar-refractivity contribution >= 4 is 10.9 Å². The van der Waals surface area contributed by atoms with E-state index < -0.39 is 35.9 Å². The average Bonchev–Trinajstić information content (AvgIpc) is 2.97. The van der Waals surface area contributed by atoms with Crippen LogP contribution in [0.3, 0.4) is 0 Å². The standard InChI is InChI=1S/C23H23F4N3O/c1-21(8-10-30(2)20-6-4-16(24)3-5-18(20)21)14-22(31,23(25,26)27)12-17-11-15-13-28-9-7-19(15)29-17/h4-7,9,11,13,29,31H,8,10,12,14H2,1-2H3. The summed E-state index contributed by atoms with van der Waals surface area (Å²) in [6, 6.07) is 3.25. The summed E-state index contributed by atoms with van der Waals surface area (Å²) in [5, 5.41) is 11.7. The Labute approximate surface area is 177 Å². The van der Waals surface area contributed by atoms with Gasteiger partial charge in [-0.15, -0.1) is 0 Å². The summed E-state index contributed by atoms with van der Waals surface area (Å²) in [6.07, 6.45) is 1.65. The van der Waals surface area contributed by atoms with Crippen molar-refractivity contribution in [1.82, 2.24) is 14.9 Å². The number of hydrogen-bond acceptors (Lipinski definition) is 3. The van der Waals surface area contributed by atoms with Crippen LogP contribution in [0.4, 0.5) is 17.6 Å². The molecule has 2 aromatic rings. The van der Waals surface area contributed by atoms with E-state index in [1.165, 1.54) is 12.2 Å². The van der Waals surface area contributed by atoms with Crippen LogP contribution < -0.4 is 0 Å². The van der Waals surface area contributed by atoms with Gasteiger partial charge >= 0.3 is 6.18 Å². The molecule has 2 aromatic heterocycles. The molecular formula is C23H23F4N3O. The Morgan fingerprint density at radius 1 is 1.32 bits per heavy atom. The number of H-pyrrole nitrogens is 1. The minimum absolute atomic E-state index is 0.274. The van der Waals surface area contributed by atoms with Gasteiger partial charge in [0.25, 0.3) is 0 Å². The van der Waals surface area contributed by atoms with Crippen LogP contribution in [0.15, 0.2) is 65.6 Å². The van der Waals surface area contributed by atoms with Crippen LogP contribution in [0, 0.1) is 5.41 Å². The van der Waals surface area contributed by atoms with Crippen LogP contribution in [0.1, 0.15) is 25.5 Å². The van der Waals surface area contributed by atoms with Crippen molar-refractivity contribution in [3.63, 3.8) is 0 Å². The van der Waals surface area contributed by atoms with Gasteiger partial charge in [-0.1, -0.05) is 12.7 Å². The molecule has 164 valence electrons. The maximum atomic E-state index is 14.2. The number of fused-ring (bicyclic) bond motifs is 1. The monoisotopic (exact) mass is 433 g/mol. The maximum absolute atomic E-state index is 14.2. The third-order valence-corrected chi connectivity index (χ3v) is 6.25.